The van der Waals surface area contributed by atoms with Gasteiger partial charge in [-0.05, 0) is 48.0 Å². The van der Waals surface area contributed by atoms with Crippen molar-refractivity contribution in [3.05, 3.63) is 90.8 Å². The Balaban J connectivity index is 0.000000308. The predicted octanol–water partition coefficient (Wildman–Crippen LogP) is 4.24. The fraction of sp³-hybridized carbons (Fsp3) is 0.0526. The summed E-state index contributed by atoms with van der Waals surface area (Å²) in [6.07, 6.45) is 0. The molecule has 4 nitrogen and oxygen atoms in total. The van der Waals surface area contributed by atoms with Gasteiger partial charge in [-0.15, -0.1) is 0 Å². The van der Waals surface area contributed by atoms with Gasteiger partial charge in [0.15, 0.2) is 0 Å². The first-order valence-electron chi connectivity index (χ1n) is 7.79. The van der Waals surface area contributed by atoms with Crippen LogP contribution in [0.25, 0.3) is 0 Å². The fourth-order valence-corrected chi connectivity index (χ4v) is 3.81. The van der Waals surface area contributed by atoms with Crippen LogP contribution in [0.2, 0.25) is 20.1 Å². The molecule has 0 saturated heterocycles. The van der Waals surface area contributed by atoms with E-state index in [1.807, 2.05) is 24.3 Å². The molecule has 0 aromatic heterocycles. The molecule has 11 heteroatoms. The summed E-state index contributed by atoms with van der Waals surface area (Å²) >= 11 is 26.2. The smallest absolute Gasteiger partial charge is 0.744 e. The van der Waals surface area contributed by atoms with Crippen molar-refractivity contribution in [2.75, 3.05) is 0 Å². The number of benzene rings is 3. The average molecular weight is 581 g/mol. The molecule has 154 valence electrons. The standard InChI is InChI=1S/C13H9BrCl2O.C6H4Cl2O3S.Na/c14-10-3-1-9(2-4-10)8-17-13-7-11(15)5-6-12(13)16;7-4-1-2-5(8)6(3-4)12(9,10)11;/h1-7H,8H2;1-3H,(H,9,10,11);/q;;+1/p-1. The van der Waals surface area contributed by atoms with E-state index in [9.17, 15) is 13.0 Å². The summed E-state index contributed by atoms with van der Waals surface area (Å²) in [5.41, 5.74) is 1.07. The molecule has 0 bridgehead atoms. The Morgan fingerprint density at radius 1 is 0.833 bits per heavy atom. The van der Waals surface area contributed by atoms with Gasteiger partial charge < -0.3 is 9.29 Å². The van der Waals surface area contributed by atoms with Crippen LogP contribution in [0.3, 0.4) is 0 Å². The molecular formula is C19H12BrCl4NaO4S. The maximum absolute atomic E-state index is 10.5. The summed E-state index contributed by atoms with van der Waals surface area (Å²) in [6, 6.07) is 16.8. The Hall–Kier alpha value is 0.0100. The third kappa shape index (κ3) is 9.25. The molecule has 30 heavy (non-hydrogen) atoms. The van der Waals surface area contributed by atoms with Crippen LogP contribution in [0.1, 0.15) is 5.56 Å². The first-order valence-corrected chi connectivity index (χ1v) is 11.5. The van der Waals surface area contributed by atoms with Crippen molar-refractivity contribution in [3.8, 4) is 5.75 Å². The van der Waals surface area contributed by atoms with Crippen LogP contribution in [-0.2, 0) is 16.7 Å². The van der Waals surface area contributed by atoms with E-state index in [1.54, 1.807) is 18.2 Å². The van der Waals surface area contributed by atoms with Crippen molar-refractivity contribution in [2.24, 2.45) is 0 Å². The van der Waals surface area contributed by atoms with Gasteiger partial charge in [0.2, 0.25) is 0 Å². The fourth-order valence-electron chi connectivity index (χ4n) is 2.00. The van der Waals surface area contributed by atoms with E-state index in [0.717, 1.165) is 16.1 Å². The SMILES string of the molecule is Clc1ccc(Cl)c(OCc2ccc(Br)cc2)c1.O=S(=O)([O-])c1cc(Cl)ccc1Cl.[Na+]. The number of ether oxygens (including phenoxy) is 1. The zero-order valence-electron chi connectivity index (χ0n) is 15.4. The van der Waals surface area contributed by atoms with Crippen LogP contribution in [-0.4, -0.2) is 13.0 Å². The maximum Gasteiger partial charge on any atom is 1.00 e. The van der Waals surface area contributed by atoms with Gasteiger partial charge in [0.05, 0.1) is 14.9 Å². The minimum atomic E-state index is -4.52. The number of halogens is 5. The summed E-state index contributed by atoms with van der Waals surface area (Å²) < 4.78 is 38.2. The molecule has 0 saturated carbocycles. The van der Waals surface area contributed by atoms with Gasteiger partial charge in [-0.1, -0.05) is 74.5 Å². The molecule has 0 aliphatic rings. The van der Waals surface area contributed by atoms with Crippen LogP contribution in [0.15, 0.2) is 70.0 Å². The van der Waals surface area contributed by atoms with Crippen molar-refractivity contribution < 1.29 is 47.3 Å². The van der Waals surface area contributed by atoms with Gasteiger partial charge >= 0.3 is 29.6 Å². The number of hydrogen-bond donors (Lipinski definition) is 0. The summed E-state index contributed by atoms with van der Waals surface area (Å²) in [5, 5.41) is 1.22. The van der Waals surface area contributed by atoms with Gasteiger partial charge in [-0.25, -0.2) is 8.42 Å². The van der Waals surface area contributed by atoms with Crippen LogP contribution < -0.4 is 34.3 Å². The normalized spacial score (nSPS) is 10.5. The first kappa shape index (κ1) is 28.0. The van der Waals surface area contributed by atoms with E-state index in [4.69, 9.17) is 51.1 Å². The molecule has 0 radical (unpaired) electrons. The van der Waals surface area contributed by atoms with Gasteiger partial charge in [-0.3, -0.25) is 0 Å². The van der Waals surface area contributed by atoms with Crippen LogP contribution >= 0.6 is 62.3 Å². The molecule has 0 fully saturated rings. The van der Waals surface area contributed by atoms with Crippen molar-refractivity contribution in [3.63, 3.8) is 0 Å². The second-order valence-corrected chi connectivity index (χ2v) is 9.47. The van der Waals surface area contributed by atoms with E-state index in [-0.39, 0.29) is 39.6 Å². The Labute approximate surface area is 225 Å². The molecule has 3 rings (SSSR count). The van der Waals surface area contributed by atoms with E-state index in [0.29, 0.717) is 22.4 Å². The van der Waals surface area contributed by atoms with Crippen molar-refractivity contribution in [1.29, 1.82) is 0 Å². The zero-order valence-corrected chi connectivity index (χ0v) is 22.8. The third-order valence-corrected chi connectivity index (χ3v) is 5.99. The molecule has 3 aromatic rings. The summed E-state index contributed by atoms with van der Waals surface area (Å²) in [4.78, 5) is -0.489. The van der Waals surface area contributed by atoms with Crippen LogP contribution in [0, 0.1) is 0 Å². The van der Waals surface area contributed by atoms with Gasteiger partial charge in [0.25, 0.3) is 0 Å². The third-order valence-electron chi connectivity index (χ3n) is 3.36. The number of hydrogen-bond acceptors (Lipinski definition) is 4. The van der Waals surface area contributed by atoms with Crippen LogP contribution in [0.4, 0.5) is 0 Å². The monoisotopic (exact) mass is 578 g/mol. The molecule has 0 aliphatic carbocycles. The summed E-state index contributed by atoms with van der Waals surface area (Å²) in [6.45, 7) is 0.466. The molecule has 0 atom stereocenters. The second-order valence-electron chi connectivity index (χ2n) is 5.52. The topological polar surface area (TPSA) is 66.4 Å². The molecule has 0 aliphatic heterocycles. The zero-order chi connectivity index (χ0) is 21.6. The van der Waals surface area contributed by atoms with Gasteiger partial charge in [0.1, 0.15) is 22.5 Å². The molecule has 0 amide bonds. The maximum atomic E-state index is 10.5. The molecule has 0 unspecified atom stereocenters. The van der Waals surface area contributed by atoms with E-state index in [1.165, 1.54) is 12.1 Å². The largest absolute Gasteiger partial charge is 1.00 e. The second kappa shape index (κ2) is 12.9. The van der Waals surface area contributed by atoms with E-state index >= 15 is 0 Å². The van der Waals surface area contributed by atoms with Gasteiger partial charge in [-0.2, -0.15) is 0 Å². The average Bonchev–Trinajstić information content (AvgIpc) is 2.65. The van der Waals surface area contributed by atoms with E-state index < -0.39 is 15.0 Å². The molecule has 3 aromatic carbocycles. The molecule has 0 N–H and O–H groups in total. The van der Waals surface area contributed by atoms with Crippen LogP contribution in [0.5, 0.6) is 5.75 Å². The number of rotatable bonds is 4. The van der Waals surface area contributed by atoms with Crippen molar-refractivity contribution in [1.82, 2.24) is 0 Å². The Morgan fingerprint density at radius 3 is 1.90 bits per heavy atom. The minimum Gasteiger partial charge on any atom is -0.744 e. The quantitative estimate of drug-likeness (QED) is 0.342. The van der Waals surface area contributed by atoms with E-state index in [2.05, 4.69) is 15.9 Å². The Morgan fingerprint density at radius 2 is 1.37 bits per heavy atom. The summed E-state index contributed by atoms with van der Waals surface area (Å²) in [5.74, 6) is 0.599. The van der Waals surface area contributed by atoms with Crippen molar-refractivity contribution >= 4 is 72.5 Å². The summed E-state index contributed by atoms with van der Waals surface area (Å²) in [7, 11) is -4.52. The molecule has 0 heterocycles. The molecular weight excluding hydrogens is 569 g/mol. The predicted molar refractivity (Wildman–Crippen MR) is 119 cm³/mol. The molecule has 0 spiro atoms. The minimum absolute atomic E-state index is 0. The Bertz CT molecular complexity index is 1100. The van der Waals surface area contributed by atoms with Gasteiger partial charge in [0, 0.05) is 20.6 Å². The Kier molecular flexibility index (Phi) is 12.1. The first-order chi connectivity index (χ1) is 13.6. The van der Waals surface area contributed by atoms with Crippen molar-refractivity contribution in [2.45, 2.75) is 11.5 Å².